The Labute approximate surface area is 193 Å². The fourth-order valence-electron chi connectivity index (χ4n) is 3.14. The van der Waals surface area contributed by atoms with E-state index in [-0.39, 0.29) is 17.5 Å². The number of ether oxygens (including phenoxy) is 4. The molecule has 3 rings (SSSR count). The van der Waals surface area contributed by atoms with Crippen LogP contribution < -0.4 is 14.2 Å². The normalized spacial score (nSPS) is 15.0. The molecule has 1 aliphatic rings. The molecule has 1 atom stereocenters. The van der Waals surface area contributed by atoms with Crippen LogP contribution in [-0.2, 0) is 14.3 Å². The number of cyclic esters (lactones) is 1. The van der Waals surface area contributed by atoms with Crippen molar-refractivity contribution >= 4 is 23.9 Å². The van der Waals surface area contributed by atoms with E-state index in [4.69, 9.17) is 18.9 Å². The van der Waals surface area contributed by atoms with Gasteiger partial charge in [-0.1, -0.05) is 6.07 Å². The number of nitrogens with zero attached hydrogens (tertiary/aromatic N) is 2. The molecule has 0 aliphatic carbocycles. The monoisotopic (exact) mass is 452 g/mol. The lowest BCUT2D eigenvalue weighted by molar-refractivity contribution is -0.135. The van der Waals surface area contributed by atoms with E-state index >= 15 is 0 Å². The van der Waals surface area contributed by atoms with Crippen molar-refractivity contribution < 1.29 is 28.5 Å². The molecule has 8 nitrogen and oxygen atoms in total. The third-order valence-corrected chi connectivity index (χ3v) is 4.70. The molecule has 0 bridgehead atoms. The number of carbonyl (C=O) groups excluding carboxylic acids is 2. The Hall–Kier alpha value is -3.81. The van der Waals surface area contributed by atoms with Crippen molar-refractivity contribution in [1.29, 1.82) is 0 Å². The predicted molar refractivity (Wildman–Crippen MR) is 125 cm³/mol. The Balaban J connectivity index is 1.83. The fourth-order valence-corrected chi connectivity index (χ4v) is 3.14. The molecule has 2 aromatic carbocycles. The summed E-state index contributed by atoms with van der Waals surface area (Å²) in [7, 11) is 3.34. The lowest BCUT2D eigenvalue weighted by Crippen LogP contribution is -2.35. The van der Waals surface area contributed by atoms with E-state index in [1.807, 2.05) is 13.8 Å². The highest BCUT2D eigenvalue weighted by atomic mass is 16.6. The van der Waals surface area contributed by atoms with Crippen molar-refractivity contribution in [2.45, 2.75) is 26.9 Å². The maximum atomic E-state index is 12.4. The van der Waals surface area contributed by atoms with Crippen molar-refractivity contribution in [1.82, 2.24) is 4.90 Å². The van der Waals surface area contributed by atoms with Gasteiger partial charge in [-0.2, -0.15) is 0 Å². The number of aliphatic imine (C=N–C) groups is 1. The third kappa shape index (κ3) is 5.91. The van der Waals surface area contributed by atoms with E-state index in [9.17, 15) is 9.59 Å². The largest absolute Gasteiger partial charge is 0.494 e. The molecule has 174 valence electrons. The number of esters is 1. The summed E-state index contributed by atoms with van der Waals surface area (Å²) in [4.78, 5) is 30.3. The Morgan fingerprint density at radius 1 is 1.06 bits per heavy atom. The standard InChI is InChI=1S/C25H28N2O6/c1-6-30-19-11-9-18(10-12-19)23-26-20(25(29)33-23)14-17-8-13-21(22(15-17)31-7-2)32-16(3)24(28)27(4)5/h8-16H,6-7H2,1-5H3/b20-14-. The molecule has 1 unspecified atom stereocenters. The van der Waals surface area contributed by atoms with Gasteiger partial charge in [-0.25, -0.2) is 9.79 Å². The number of hydrogen-bond donors (Lipinski definition) is 0. The van der Waals surface area contributed by atoms with Crippen molar-refractivity contribution in [2.75, 3.05) is 27.3 Å². The highest BCUT2D eigenvalue weighted by molar-refractivity contribution is 6.12. The van der Waals surface area contributed by atoms with Gasteiger partial charge in [-0.05, 0) is 68.8 Å². The summed E-state index contributed by atoms with van der Waals surface area (Å²) >= 11 is 0. The Morgan fingerprint density at radius 2 is 1.76 bits per heavy atom. The summed E-state index contributed by atoms with van der Waals surface area (Å²) < 4.78 is 22.3. The fraction of sp³-hybridized carbons (Fsp3) is 0.320. The van der Waals surface area contributed by atoms with Crippen molar-refractivity contribution in [2.24, 2.45) is 4.99 Å². The SMILES string of the molecule is CCOc1ccc(C2=N/C(=C\c3ccc(OC(C)C(=O)N(C)C)c(OCC)c3)C(=O)O2)cc1. The van der Waals surface area contributed by atoms with Crippen LogP contribution in [0, 0.1) is 0 Å². The second kappa shape index (κ2) is 10.7. The first kappa shape index (κ1) is 23.8. The quantitative estimate of drug-likeness (QED) is 0.426. The summed E-state index contributed by atoms with van der Waals surface area (Å²) in [5.74, 6) is 1.17. The lowest BCUT2D eigenvalue weighted by Gasteiger charge is -2.20. The number of likely N-dealkylation sites (N-methyl/N-ethyl adjacent to an activating group) is 1. The van der Waals surface area contributed by atoms with Crippen LogP contribution in [-0.4, -0.2) is 56.1 Å². The molecular formula is C25H28N2O6. The van der Waals surface area contributed by atoms with E-state index in [0.29, 0.717) is 35.8 Å². The van der Waals surface area contributed by atoms with Crippen LogP contribution in [0.2, 0.25) is 0 Å². The van der Waals surface area contributed by atoms with Crippen LogP contribution >= 0.6 is 0 Å². The number of benzene rings is 2. The molecule has 0 fully saturated rings. The maximum absolute atomic E-state index is 12.4. The molecular weight excluding hydrogens is 424 g/mol. The number of amides is 1. The molecule has 1 amide bonds. The number of hydrogen-bond acceptors (Lipinski definition) is 7. The molecule has 33 heavy (non-hydrogen) atoms. The van der Waals surface area contributed by atoms with Gasteiger partial charge in [0.05, 0.1) is 13.2 Å². The lowest BCUT2D eigenvalue weighted by atomic mass is 10.1. The summed E-state index contributed by atoms with van der Waals surface area (Å²) in [6.07, 6.45) is 0.944. The minimum absolute atomic E-state index is 0.159. The molecule has 1 aliphatic heterocycles. The van der Waals surface area contributed by atoms with E-state index in [0.717, 1.165) is 5.75 Å². The van der Waals surface area contributed by atoms with E-state index < -0.39 is 12.1 Å². The number of carbonyl (C=O) groups is 2. The van der Waals surface area contributed by atoms with Gasteiger partial charge in [0.15, 0.2) is 23.3 Å². The zero-order valence-electron chi connectivity index (χ0n) is 19.5. The van der Waals surface area contributed by atoms with Crippen molar-refractivity contribution in [3.63, 3.8) is 0 Å². The second-order valence-electron chi connectivity index (χ2n) is 7.43. The van der Waals surface area contributed by atoms with Crippen LogP contribution in [0.4, 0.5) is 0 Å². The molecule has 0 aromatic heterocycles. The van der Waals surface area contributed by atoms with Crippen LogP contribution in [0.1, 0.15) is 31.9 Å². The molecule has 0 radical (unpaired) electrons. The Bertz CT molecular complexity index is 1070. The molecule has 1 heterocycles. The van der Waals surface area contributed by atoms with Crippen LogP contribution in [0.25, 0.3) is 6.08 Å². The average Bonchev–Trinajstić information content (AvgIpc) is 3.15. The van der Waals surface area contributed by atoms with E-state index in [1.165, 1.54) is 4.90 Å². The van der Waals surface area contributed by atoms with Gasteiger partial charge < -0.3 is 23.8 Å². The van der Waals surface area contributed by atoms with Crippen LogP contribution in [0.3, 0.4) is 0 Å². The Kier molecular flexibility index (Phi) is 7.71. The van der Waals surface area contributed by atoms with Gasteiger partial charge in [0, 0.05) is 19.7 Å². The second-order valence-corrected chi connectivity index (χ2v) is 7.43. The van der Waals surface area contributed by atoms with E-state index in [2.05, 4.69) is 4.99 Å². The molecule has 0 N–H and O–H groups in total. The van der Waals surface area contributed by atoms with Gasteiger partial charge in [0.1, 0.15) is 5.75 Å². The maximum Gasteiger partial charge on any atom is 0.363 e. The summed E-state index contributed by atoms with van der Waals surface area (Å²) in [6.45, 7) is 6.42. The van der Waals surface area contributed by atoms with Gasteiger partial charge in [-0.15, -0.1) is 0 Å². The molecule has 8 heteroatoms. The van der Waals surface area contributed by atoms with Gasteiger partial charge in [0.25, 0.3) is 5.91 Å². The first-order valence-corrected chi connectivity index (χ1v) is 10.7. The zero-order valence-corrected chi connectivity index (χ0v) is 19.5. The van der Waals surface area contributed by atoms with Crippen molar-refractivity contribution in [3.05, 3.63) is 59.3 Å². The minimum atomic E-state index is -0.672. The zero-order chi connectivity index (χ0) is 24.0. The summed E-state index contributed by atoms with van der Waals surface area (Å²) in [5, 5.41) is 0. The smallest absolute Gasteiger partial charge is 0.363 e. The first-order valence-electron chi connectivity index (χ1n) is 10.7. The third-order valence-electron chi connectivity index (χ3n) is 4.70. The van der Waals surface area contributed by atoms with Crippen LogP contribution in [0.5, 0.6) is 17.2 Å². The first-order chi connectivity index (χ1) is 15.8. The Morgan fingerprint density at radius 3 is 2.39 bits per heavy atom. The molecule has 0 saturated carbocycles. The highest BCUT2D eigenvalue weighted by Gasteiger charge is 2.24. The predicted octanol–water partition coefficient (Wildman–Crippen LogP) is 3.68. The summed E-state index contributed by atoms with van der Waals surface area (Å²) in [5.41, 5.74) is 1.53. The van der Waals surface area contributed by atoms with Gasteiger partial charge >= 0.3 is 5.97 Å². The molecule has 0 saturated heterocycles. The molecule has 0 spiro atoms. The van der Waals surface area contributed by atoms with Gasteiger partial charge in [-0.3, -0.25) is 4.79 Å². The van der Waals surface area contributed by atoms with E-state index in [1.54, 1.807) is 69.6 Å². The minimum Gasteiger partial charge on any atom is -0.494 e. The highest BCUT2D eigenvalue weighted by Crippen LogP contribution is 2.31. The average molecular weight is 453 g/mol. The number of rotatable bonds is 9. The van der Waals surface area contributed by atoms with Crippen LogP contribution in [0.15, 0.2) is 53.2 Å². The topological polar surface area (TPSA) is 86.7 Å². The van der Waals surface area contributed by atoms with Gasteiger partial charge in [0.2, 0.25) is 5.90 Å². The summed E-state index contributed by atoms with van der Waals surface area (Å²) in [6, 6.07) is 12.4. The molecule has 2 aromatic rings. The van der Waals surface area contributed by atoms with Crippen molar-refractivity contribution in [3.8, 4) is 17.2 Å².